The molecule has 51 heavy (non-hydrogen) atoms. The number of esters is 1. The number of fused-ring (bicyclic) bond motifs is 3. The highest BCUT2D eigenvalue weighted by Gasteiger charge is 2.75. The van der Waals surface area contributed by atoms with Crippen LogP contribution in [0.2, 0.25) is 0 Å². The molecule has 13 nitrogen and oxygen atoms in total. The molecule has 268 valence electrons. The number of para-hydroxylation sites is 1. The van der Waals surface area contributed by atoms with Gasteiger partial charge in [0, 0.05) is 37.6 Å². The number of likely N-dealkylation sites (tertiary alicyclic amines) is 1. The molecule has 7 atom stereocenters. The number of hydrogen-bond acceptors (Lipinski definition) is 9. The maximum Gasteiger partial charge on any atom is 0.313 e. The SMILES string of the molecule is C[C@@H]1[C@@H](c2ccccc2)OC(=O)[C@@H]2[C@H]3O[C@@]4(C=C3Br)[C@H](C(=O)N(Cn3nnc5ccccc53)C/C=C\CCC(=O)N1C)N(CCCCO)C(=O)[C@@H]24. The van der Waals surface area contributed by atoms with Crippen LogP contribution >= 0.6 is 15.9 Å². The van der Waals surface area contributed by atoms with Crippen molar-refractivity contribution in [3.05, 3.63) is 82.9 Å². The van der Waals surface area contributed by atoms with E-state index >= 15 is 4.79 Å². The van der Waals surface area contributed by atoms with Crippen molar-refractivity contribution >= 4 is 50.7 Å². The number of halogens is 1. The topological polar surface area (TPSA) is 147 Å². The zero-order valence-corrected chi connectivity index (χ0v) is 30.1. The van der Waals surface area contributed by atoms with Gasteiger partial charge in [-0.05, 0) is 50.0 Å². The molecule has 1 spiro atoms. The molecule has 1 N–H and O–H groups in total. The lowest BCUT2D eigenvalue weighted by molar-refractivity contribution is -0.164. The van der Waals surface area contributed by atoms with E-state index in [1.807, 2.05) is 73.7 Å². The summed E-state index contributed by atoms with van der Waals surface area (Å²) in [6, 6.07) is 15.0. The van der Waals surface area contributed by atoms with Crippen molar-refractivity contribution in [1.29, 1.82) is 0 Å². The molecular weight excluding hydrogens is 720 g/mol. The highest BCUT2D eigenvalue weighted by Crippen LogP contribution is 2.59. The monoisotopic (exact) mass is 760 g/mol. The number of carbonyl (C=O) groups excluding carboxylic acids is 4. The van der Waals surface area contributed by atoms with Crippen LogP contribution < -0.4 is 0 Å². The number of benzene rings is 2. The Balaban J connectivity index is 1.32. The number of carbonyl (C=O) groups is 4. The van der Waals surface area contributed by atoms with Crippen LogP contribution in [-0.4, -0.2) is 109 Å². The van der Waals surface area contributed by atoms with E-state index in [2.05, 4.69) is 26.2 Å². The number of rotatable bonds is 7. The molecule has 2 saturated heterocycles. The standard InChI is InChI=1S/C37H41BrN6O7/c1-23-31(24-13-5-3-6-14-24)50-36(49)29-30-34(47)43(19-11-12-20-45)33(37(30)21-25(38)32(29)51-37)35(48)42(18-10-4-7-17-28(46)41(23)2)22-44-27-16-9-8-15-26(27)39-40-44/h3-6,8-10,13-16,21,23,29-33,45H,7,11-12,17-20,22H2,1-2H3/b10-4-/t23-,29+,30-,31+,32+,33+,37-/m1/s1. The van der Waals surface area contributed by atoms with Crippen LogP contribution in [-0.2, 0) is 35.3 Å². The molecule has 4 aliphatic heterocycles. The first kappa shape index (κ1) is 35.0. The van der Waals surface area contributed by atoms with Gasteiger partial charge in [0.1, 0.15) is 42.0 Å². The summed E-state index contributed by atoms with van der Waals surface area (Å²) in [5.74, 6) is -3.64. The highest BCUT2D eigenvalue weighted by atomic mass is 79.9. The van der Waals surface area contributed by atoms with Gasteiger partial charge in [-0.3, -0.25) is 19.2 Å². The third kappa shape index (κ3) is 6.16. The molecule has 0 saturated carbocycles. The first-order valence-corrected chi connectivity index (χ1v) is 18.2. The molecule has 1 aromatic heterocycles. The molecule has 0 radical (unpaired) electrons. The Kier molecular flexibility index (Phi) is 9.83. The van der Waals surface area contributed by atoms with E-state index in [0.717, 1.165) is 5.52 Å². The van der Waals surface area contributed by atoms with Gasteiger partial charge in [-0.25, -0.2) is 4.68 Å². The lowest BCUT2D eigenvalue weighted by Gasteiger charge is -2.35. The molecule has 0 aliphatic carbocycles. The van der Waals surface area contributed by atoms with Gasteiger partial charge in [-0.2, -0.15) is 0 Å². The molecule has 2 aromatic carbocycles. The second-order valence-electron chi connectivity index (χ2n) is 13.6. The van der Waals surface area contributed by atoms with E-state index in [1.54, 1.807) is 27.6 Å². The number of aromatic nitrogens is 3. The van der Waals surface area contributed by atoms with Gasteiger partial charge in [0.2, 0.25) is 11.8 Å². The van der Waals surface area contributed by atoms with Gasteiger partial charge in [0.05, 0.1) is 17.5 Å². The van der Waals surface area contributed by atoms with E-state index in [9.17, 15) is 19.5 Å². The summed E-state index contributed by atoms with van der Waals surface area (Å²) >= 11 is 3.62. The van der Waals surface area contributed by atoms with Gasteiger partial charge in [-0.15, -0.1) is 5.10 Å². The van der Waals surface area contributed by atoms with Crippen molar-refractivity contribution in [1.82, 2.24) is 29.7 Å². The van der Waals surface area contributed by atoms with Gasteiger partial charge in [0.25, 0.3) is 5.91 Å². The van der Waals surface area contributed by atoms with Crippen molar-refractivity contribution in [3.8, 4) is 0 Å². The van der Waals surface area contributed by atoms with Crippen LogP contribution in [0.3, 0.4) is 0 Å². The molecule has 3 aromatic rings. The Morgan fingerprint density at radius 3 is 2.53 bits per heavy atom. The van der Waals surface area contributed by atoms with Crippen LogP contribution in [0.4, 0.5) is 0 Å². The Bertz CT molecular complexity index is 1880. The second kappa shape index (κ2) is 14.3. The normalized spacial score (nSPS) is 30.6. The molecule has 14 heteroatoms. The number of likely N-dealkylation sites (N-methyl/N-ethyl adjacent to an activating group) is 1. The molecule has 3 amide bonds. The molecule has 5 bridgehead atoms. The first-order chi connectivity index (χ1) is 24.7. The predicted octanol–water partition coefficient (Wildman–Crippen LogP) is 3.34. The van der Waals surface area contributed by atoms with Gasteiger partial charge >= 0.3 is 5.97 Å². The van der Waals surface area contributed by atoms with Crippen LogP contribution in [0.15, 0.2) is 77.3 Å². The van der Waals surface area contributed by atoms with Gasteiger partial charge in [0.15, 0.2) is 0 Å². The van der Waals surface area contributed by atoms with Crippen LogP contribution in [0.1, 0.15) is 44.3 Å². The molecule has 7 rings (SSSR count). The quantitative estimate of drug-likeness (QED) is 0.218. The number of cyclic esters (lactones) is 1. The zero-order chi connectivity index (χ0) is 35.9. The maximum absolute atomic E-state index is 15.0. The minimum atomic E-state index is -1.46. The largest absolute Gasteiger partial charge is 0.455 e. The van der Waals surface area contributed by atoms with E-state index < -0.39 is 47.7 Å². The average Bonchev–Trinajstić information content (AvgIpc) is 3.86. The maximum atomic E-state index is 15.0. The second-order valence-corrected chi connectivity index (χ2v) is 14.5. The Labute approximate surface area is 304 Å². The minimum absolute atomic E-state index is 0.0251. The van der Waals surface area contributed by atoms with E-state index in [-0.39, 0.29) is 50.5 Å². The van der Waals surface area contributed by atoms with Gasteiger partial charge in [-0.1, -0.05) is 75.8 Å². The number of nitrogens with zero attached hydrogens (tertiary/aromatic N) is 6. The van der Waals surface area contributed by atoms with Crippen molar-refractivity contribution < 1.29 is 33.8 Å². The fourth-order valence-electron chi connectivity index (χ4n) is 7.90. The number of unbranched alkanes of at least 4 members (excludes halogenated alkanes) is 1. The first-order valence-electron chi connectivity index (χ1n) is 17.4. The van der Waals surface area contributed by atoms with Crippen molar-refractivity contribution in [2.24, 2.45) is 11.8 Å². The fraction of sp³-hybridized carbons (Fsp3) is 0.459. The number of aliphatic hydroxyl groups is 1. The number of ether oxygens (including phenoxy) is 2. The van der Waals surface area contributed by atoms with E-state index in [0.29, 0.717) is 34.8 Å². The van der Waals surface area contributed by atoms with E-state index in [1.165, 1.54) is 4.90 Å². The summed E-state index contributed by atoms with van der Waals surface area (Å²) in [5, 5.41) is 18.2. The summed E-state index contributed by atoms with van der Waals surface area (Å²) in [6.07, 6.45) is 5.31. The van der Waals surface area contributed by atoms with Crippen molar-refractivity contribution in [2.75, 3.05) is 26.7 Å². The summed E-state index contributed by atoms with van der Waals surface area (Å²) in [4.78, 5) is 62.2. The lowest BCUT2D eigenvalue weighted by Crippen LogP contribution is -2.56. The summed E-state index contributed by atoms with van der Waals surface area (Å²) in [6.45, 7) is 2.13. The van der Waals surface area contributed by atoms with E-state index in [4.69, 9.17) is 9.47 Å². The highest BCUT2D eigenvalue weighted by molar-refractivity contribution is 9.11. The molecule has 0 unspecified atom stereocenters. The van der Waals surface area contributed by atoms with Gasteiger partial charge < -0.3 is 29.3 Å². The van der Waals surface area contributed by atoms with Crippen molar-refractivity contribution in [2.45, 2.75) is 69.2 Å². The molecule has 4 aliphatic rings. The smallest absolute Gasteiger partial charge is 0.313 e. The zero-order valence-electron chi connectivity index (χ0n) is 28.5. The molecule has 2 fully saturated rings. The lowest BCUT2D eigenvalue weighted by atomic mass is 9.74. The van der Waals surface area contributed by atoms with Crippen LogP contribution in [0.25, 0.3) is 11.0 Å². The Morgan fingerprint density at radius 2 is 1.75 bits per heavy atom. The third-order valence-corrected chi connectivity index (χ3v) is 11.3. The summed E-state index contributed by atoms with van der Waals surface area (Å²) in [5.41, 5.74) is 0.650. The molecule has 5 heterocycles. The third-order valence-electron chi connectivity index (χ3n) is 10.6. The average molecular weight is 762 g/mol. The number of aliphatic hydroxyl groups excluding tert-OH is 1. The number of hydrogen-bond donors (Lipinski definition) is 1. The van der Waals surface area contributed by atoms with Crippen molar-refractivity contribution in [3.63, 3.8) is 0 Å². The van der Waals surface area contributed by atoms with Crippen LogP contribution in [0, 0.1) is 11.8 Å². The minimum Gasteiger partial charge on any atom is -0.455 e. The Morgan fingerprint density at radius 1 is 0.980 bits per heavy atom. The number of amides is 3. The fourth-order valence-corrected chi connectivity index (χ4v) is 8.63. The summed E-state index contributed by atoms with van der Waals surface area (Å²) < 4.78 is 15.2. The van der Waals surface area contributed by atoms with Crippen LogP contribution in [0.5, 0.6) is 0 Å². The molecular formula is C37H41BrN6O7. The summed E-state index contributed by atoms with van der Waals surface area (Å²) in [7, 11) is 1.70. The Hall–Kier alpha value is -4.40. The predicted molar refractivity (Wildman–Crippen MR) is 189 cm³/mol. The number of allylic oxidation sites excluding steroid dienone is 1.